The first kappa shape index (κ1) is 13.2. The third-order valence-corrected chi connectivity index (χ3v) is 3.07. The molecule has 2 aromatic carbocycles. The Balaban J connectivity index is 1.91. The third kappa shape index (κ3) is 2.58. The van der Waals surface area contributed by atoms with E-state index in [2.05, 4.69) is 0 Å². The van der Waals surface area contributed by atoms with Gasteiger partial charge in [0.2, 0.25) is 0 Å². The molecule has 0 saturated carbocycles. The molecule has 0 unspecified atom stereocenters. The zero-order valence-corrected chi connectivity index (χ0v) is 10.9. The zero-order valence-electron chi connectivity index (χ0n) is 10.9. The Bertz CT molecular complexity index is 790. The Hall–Kier alpha value is -2.82. The number of carboxylic acid groups (broad SMARTS) is 1. The SMILES string of the molecule is O=C(O)c1c(COc2ccc(F)cc2)oc2ccccc12. The summed E-state index contributed by atoms with van der Waals surface area (Å²) in [6.45, 7) is -0.0397. The van der Waals surface area contributed by atoms with Crippen molar-refractivity contribution in [3.8, 4) is 5.75 Å². The number of halogens is 1. The summed E-state index contributed by atoms with van der Waals surface area (Å²) in [4.78, 5) is 11.4. The topological polar surface area (TPSA) is 59.7 Å². The van der Waals surface area contributed by atoms with Gasteiger partial charge in [-0.25, -0.2) is 9.18 Å². The normalized spacial score (nSPS) is 10.7. The Morgan fingerprint density at radius 2 is 1.86 bits per heavy atom. The van der Waals surface area contributed by atoms with E-state index in [0.717, 1.165) is 0 Å². The molecule has 0 fully saturated rings. The van der Waals surface area contributed by atoms with Crippen LogP contribution in [0.5, 0.6) is 5.75 Å². The van der Waals surface area contributed by atoms with Crippen LogP contribution in [0.2, 0.25) is 0 Å². The van der Waals surface area contributed by atoms with Gasteiger partial charge in [-0.3, -0.25) is 0 Å². The van der Waals surface area contributed by atoms with Gasteiger partial charge >= 0.3 is 5.97 Å². The quantitative estimate of drug-likeness (QED) is 0.791. The second-order valence-electron chi connectivity index (χ2n) is 4.44. The van der Waals surface area contributed by atoms with Crippen molar-refractivity contribution in [2.75, 3.05) is 0 Å². The lowest BCUT2D eigenvalue weighted by molar-refractivity contribution is 0.0693. The van der Waals surface area contributed by atoms with Gasteiger partial charge in [0.1, 0.15) is 29.3 Å². The molecule has 0 aliphatic carbocycles. The maximum Gasteiger partial charge on any atom is 0.340 e. The molecule has 0 aliphatic rings. The van der Waals surface area contributed by atoms with Gasteiger partial charge < -0.3 is 14.3 Å². The standard InChI is InChI=1S/C16H11FO4/c17-10-5-7-11(8-6-10)20-9-14-15(16(18)19)12-3-1-2-4-13(12)21-14/h1-8H,9H2,(H,18,19). The number of benzene rings is 2. The van der Waals surface area contributed by atoms with E-state index in [1.54, 1.807) is 24.3 Å². The van der Waals surface area contributed by atoms with Crippen LogP contribution in [0.3, 0.4) is 0 Å². The van der Waals surface area contributed by atoms with Crippen molar-refractivity contribution in [2.24, 2.45) is 0 Å². The lowest BCUT2D eigenvalue weighted by Crippen LogP contribution is -2.03. The largest absolute Gasteiger partial charge is 0.486 e. The molecule has 3 aromatic rings. The molecule has 4 nitrogen and oxygen atoms in total. The molecule has 3 rings (SSSR count). The Morgan fingerprint density at radius 3 is 2.57 bits per heavy atom. The summed E-state index contributed by atoms with van der Waals surface area (Å²) < 4.78 is 23.8. The first-order chi connectivity index (χ1) is 10.1. The zero-order chi connectivity index (χ0) is 14.8. The summed E-state index contributed by atoms with van der Waals surface area (Å²) in [7, 11) is 0. The fraction of sp³-hybridized carbons (Fsp3) is 0.0625. The van der Waals surface area contributed by atoms with Gasteiger partial charge in [-0.05, 0) is 30.3 Å². The average molecular weight is 286 g/mol. The van der Waals surface area contributed by atoms with E-state index in [1.807, 2.05) is 0 Å². The molecule has 0 amide bonds. The van der Waals surface area contributed by atoms with Crippen molar-refractivity contribution in [3.05, 3.63) is 65.7 Å². The van der Waals surface area contributed by atoms with Gasteiger partial charge in [0.05, 0.1) is 0 Å². The highest BCUT2D eigenvalue weighted by atomic mass is 19.1. The Morgan fingerprint density at radius 1 is 1.14 bits per heavy atom. The van der Waals surface area contributed by atoms with E-state index >= 15 is 0 Å². The van der Waals surface area contributed by atoms with Crippen LogP contribution >= 0.6 is 0 Å². The highest BCUT2D eigenvalue weighted by Gasteiger charge is 2.20. The molecule has 0 aliphatic heterocycles. The van der Waals surface area contributed by atoms with E-state index in [0.29, 0.717) is 16.7 Å². The second kappa shape index (κ2) is 5.28. The molecule has 5 heteroatoms. The fourth-order valence-electron chi connectivity index (χ4n) is 2.11. The number of hydrogen-bond acceptors (Lipinski definition) is 3. The number of fused-ring (bicyclic) bond motifs is 1. The number of carboxylic acids is 1. The van der Waals surface area contributed by atoms with Crippen LogP contribution < -0.4 is 4.74 Å². The number of furan rings is 1. The maximum absolute atomic E-state index is 12.8. The summed E-state index contributed by atoms with van der Waals surface area (Å²) in [5, 5.41) is 9.85. The smallest absolute Gasteiger partial charge is 0.340 e. The molecule has 1 heterocycles. The first-order valence-electron chi connectivity index (χ1n) is 6.27. The predicted octanol–water partition coefficient (Wildman–Crippen LogP) is 3.85. The Kier molecular flexibility index (Phi) is 3.31. The van der Waals surface area contributed by atoms with E-state index in [-0.39, 0.29) is 23.7 Å². The first-order valence-corrected chi connectivity index (χ1v) is 6.27. The maximum atomic E-state index is 12.8. The van der Waals surface area contributed by atoms with Gasteiger partial charge in [0.25, 0.3) is 0 Å². The second-order valence-corrected chi connectivity index (χ2v) is 4.44. The van der Waals surface area contributed by atoms with Crippen LogP contribution in [0.25, 0.3) is 11.0 Å². The number of para-hydroxylation sites is 1. The summed E-state index contributed by atoms with van der Waals surface area (Å²) in [6.07, 6.45) is 0. The molecular weight excluding hydrogens is 275 g/mol. The lowest BCUT2D eigenvalue weighted by Gasteiger charge is -2.04. The van der Waals surface area contributed by atoms with Gasteiger partial charge in [-0.15, -0.1) is 0 Å². The molecule has 0 saturated heterocycles. The highest BCUT2D eigenvalue weighted by Crippen LogP contribution is 2.27. The van der Waals surface area contributed by atoms with Crippen molar-refractivity contribution < 1.29 is 23.4 Å². The summed E-state index contributed by atoms with van der Waals surface area (Å²) in [6, 6.07) is 12.4. The molecule has 0 bridgehead atoms. The average Bonchev–Trinajstić information content (AvgIpc) is 2.85. The van der Waals surface area contributed by atoms with Crippen LogP contribution in [0.4, 0.5) is 4.39 Å². The number of ether oxygens (including phenoxy) is 1. The van der Waals surface area contributed by atoms with Gasteiger partial charge in [-0.1, -0.05) is 18.2 Å². The van der Waals surface area contributed by atoms with E-state index < -0.39 is 5.97 Å². The third-order valence-electron chi connectivity index (χ3n) is 3.07. The van der Waals surface area contributed by atoms with Gasteiger partial charge in [0.15, 0.2) is 5.76 Å². The molecule has 1 N–H and O–H groups in total. The van der Waals surface area contributed by atoms with Crippen LogP contribution in [0, 0.1) is 5.82 Å². The van der Waals surface area contributed by atoms with Crippen LogP contribution in [-0.2, 0) is 6.61 Å². The summed E-state index contributed by atoms with van der Waals surface area (Å²) >= 11 is 0. The summed E-state index contributed by atoms with van der Waals surface area (Å²) in [5.74, 6) is -0.767. The predicted molar refractivity (Wildman–Crippen MR) is 73.9 cm³/mol. The number of aromatic carboxylic acids is 1. The molecular formula is C16H11FO4. The van der Waals surface area contributed by atoms with E-state index in [1.165, 1.54) is 24.3 Å². The van der Waals surface area contributed by atoms with Crippen LogP contribution in [-0.4, -0.2) is 11.1 Å². The van der Waals surface area contributed by atoms with Crippen molar-refractivity contribution in [1.82, 2.24) is 0 Å². The van der Waals surface area contributed by atoms with Crippen LogP contribution in [0.15, 0.2) is 52.9 Å². The lowest BCUT2D eigenvalue weighted by atomic mass is 10.1. The molecule has 0 spiro atoms. The summed E-state index contributed by atoms with van der Waals surface area (Å²) in [5.41, 5.74) is 0.584. The number of rotatable bonds is 4. The fourth-order valence-corrected chi connectivity index (χ4v) is 2.11. The monoisotopic (exact) mass is 286 g/mol. The molecule has 106 valence electrons. The van der Waals surface area contributed by atoms with E-state index in [9.17, 15) is 14.3 Å². The van der Waals surface area contributed by atoms with E-state index in [4.69, 9.17) is 9.15 Å². The van der Waals surface area contributed by atoms with Crippen molar-refractivity contribution in [3.63, 3.8) is 0 Å². The number of carbonyl (C=O) groups is 1. The van der Waals surface area contributed by atoms with Crippen LogP contribution in [0.1, 0.15) is 16.1 Å². The van der Waals surface area contributed by atoms with Crippen molar-refractivity contribution >= 4 is 16.9 Å². The van der Waals surface area contributed by atoms with Gasteiger partial charge in [0, 0.05) is 5.39 Å². The van der Waals surface area contributed by atoms with Crippen molar-refractivity contribution in [1.29, 1.82) is 0 Å². The Labute approximate surface area is 119 Å². The van der Waals surface area contributed by atoms with Crippen molar-refractivity contribution in [2.45, 2.75) is 6.61 Å². The molecule has 1 aromatic heterocycles. The molecule has 0 radical (unpaired) electrons. The minimum absolute atomic E-state index is 0.0397. The minimum Gasteiger partial charge on any atom is -0.486 e. The number of hydrogen-bond donors (Lipinski definition) is 1. The molecule has 21 heavy (non-hydrogen) atoms. The highest BCUT2D eigenvalue weighted by molar-refractivity contribution is 6.03. The molecule has 0 atom stereocenters. The minimum atomic E-state index is -1.07. The van der Waals surface area contributed by atoms with Gasteiger partial charge in [-0.2, -0.15) is 0 Å².